The fourth-order valence-electron chi connectivity index (χ4n) is 0.888. The van der Waals surface area contributed by atoms with Gasteiger partial charge in [-0.1, -0.05) is 0 Å². The van der Waals surface area contributed by atoms with Gasteiger partial charge in [-0.2, -0.15) is 0 Å². The van der Waals surface area contributed by atoms with Crippen molar-refractivity contribution >= 4 is 23.5 Å². The molecule has 1 rings (SSSR count). The number of nitrogens with one attached hydrogen (secondary N) is 1. The lowest BCUT2D eigenvalue weighted by molar-refractivity contribution is -0.107. The summed E-state index contributed by atoms with van der Waals surface area (Å²) in [5.41, 5.74) is 0. The summed E-state index contributed by atoms with van der Waals surface area (Å²) in [6.45, 7) is 2.37. The number of aldehydes is 1. The molecule has 0 saturated carbocycles. The van der Waals surface area contributed by atoms with E-state index in [1.54, 1.807) is 6.07 Å². The number of thiophene rings is 1. The first-order valence-electron chi connectivity index (χ1n) is 4.02. The monoisotopic (exact) mass is 197 g/mol. The van der Waals surface area contributed by atoms with Gasteiger partial charge in [0.1, 0.15) is 6.29 Å². The summed E-state index contributed by atoms with van der Waals surface area (Å²) in [6, 6.07) is 3.69. The molecule has 3 nitrogen and oxygen atoms in total. The molecule has 0 aliphatic carbocycles. The van der Waals surface area contributed by atoms with E-state index in [-0.39, 0.29) is 5.91 Å². The minimum Gasteiger partial charge on any atom is -0.351 e. The highest BCUT2D eigenvalue weighted by molar-refractivity contribution is 7.13. The first-order valence-corrected chi connectivity index (χ1v) is 4.84. The van der Waals surface area contributed by atoms with Crippen LogP contribution in [0.5, 0.6) is 0 Å². The van der Waals surface area contributed by atoms with Gasteiger partial charge in [-0.05, 0) is 19.1 Å². The highest BCUT2D eigenvalue weighted by Crippen LogP contribution is 2.14. The average molecular weight is 197 g/mol. The Morgan fingerprint density at radius 3 is 2.92 bits per heavy atom. The average Bonchev–Trinajstić information content (AvgIpc) is 2.52. The third-order valence-electron chi connectivity index (χ3n) is 1.51. The third kappa shape index (κ3) is 2.99. The molecule has 0 aliphatic rings. The zero-order chi connectivity index (χ0) is 9.68. The Balaban J connectivity index is 2.44. The van der Waals surface area contributed by atoms with Crippen LogP contribution in [0, 0.1) is 6.92 Å². The number of rotatable bonds is 4. The van der Waals surface area contributed by atoms with E-state index >= 15 is 0 Å². The van der Waals surface area contributed by atoms with Gasteiger partial charge in [0, 0.05) is 17.8 Å². The van der Waals surface area contributed by atoms with Crippen molar-refractivity contribution in [3.8, 4) is 0 Å². The number of aryl methyl sites for hydroxylation is 1. The van der Waals surface area contributed by atoms with Crippen LogP contribution in [0.15, 0.2) is 12.1 Å². The molecule has 1 heterocycles. The Morgan fingerprint density at radius 2 is 2.38 bits per heavy atom. The minimum absolute atomic E-state index is 0.0973. The molecule has 4 heteroatoms. The molecule has 1 N–H and O–H groups in total. The minimum atomic E-state index is -0.0973. The summed E-state index contributed by atoms with van der Waals surface area (Å²) in [4.78, 5) is 23.1. The number of carbonyl (C=O) groups is 2. The molecular weight excluding hydrogens is 186 g/mol. The van der Waals surface area contributed by atoms with Crippen molar-refractivity contribution in [3.05, 3.63) is 21.9 Å². The maximum atomic E-state index is 11.3. The van der Waals surface area contributed by atoms with Crippen LogP contribution in [0.4, 0.5) is 0 Å². The summed E-state index contributed by atoms with van der Waals surface area (Å²) >= 11 is 1.45. The van der Waals surface area contributed by atoms with Gasteiger partial charge in [-0.25, -0.2) is 0 Å². The molecule has 1 aromatic heterocycles. The Hall–Kier alpha value is -1.16. The van der Waals surface area contributed by atoms with Crippen LogP contribution in [0.2, 0.25) is 0 Å². The van der Waals surface area contributed by atoms with E-state index in [4.69, 9.17) is 0 Å². The smallest absolute Gasteiger partial charge is 0.261 e. The number of hydrogen-bond donors (Lipinski definition) is 1. The van der Waals surface area contributed by atoms with Crippen molar-refractivity contribution in [1.82, 2.24) is 5.32 Å². The predicted octanol–water partition coefficient (Wildman–Crippen LogP) is 1.38. The van der Waals surface area contributed by atoms with Gasteiger partial charge >= 0.3 is 0 Å². The van der Waals surface area contributed by atoms with Gasteiger partial charge in [0.15, 0.2) is 0 Å². The first kappa shape index (κ1) is 9.92. The topological polar surface area (TPSA) is 46.2 Å². The van der Waals surface area contributed by atoms with Crippen LogP contribution in [0.25, 0.3) is 0 Å². The summed E-state index contributed by atoms with van der Waals surface area (Å²) < 4.78 is 0. The van der Waals surface area contributed by atoms with Crippen molar-refractivity contribution in [2.75, 3.05) is 6.54 Å². The normalized spacial score (nSPS) is 9.62. The molecule has 0 radical (unpaired) electrons. The lowest BCUT2D eigenvalue weighted by atomic mass is 10.4. The number of amides is 1. The molecule has 0 spiro atoms. The highest BCUT2D eigenvalue weighted by Gasteiger charge is 2.05. The molecule has 0 bridgehead atoms. The molecule has 1 aromatic rings. The first-order chi connectivity index (χ1) is 6.24. The third-order valence-corrected chi connectivity index (χ3v) is 2.51. The van der Waals surface area contributed by atoms with E-state index < -0.39 is 0 Å². The fraction of sp³-hybridized carbons (Fsp3) is 0.333. The Morgan fingerprint density at radius 1 is 1.62 bits per heavy atom. The van der Waals surface area contributed by atoms with E-state index in [9.17, 15) is 9.59 Å². The molecule has 70 valence electrons. The van der Waals surface area contributed by atoms with Crippen LogP contribution < -0.4 is 5.32 Å². The van der Waals surface area contributed by atoms with Gasteiger partial charge in [-0.3, -0.25) is 4.79 Å². The van der Waals surface area contributed by atoms with E-state index in [1.165, 1.54) is 11.3 Å². The van der Waals surface area contributed by atoms with Crippen LogP contribution in [0.1, 0.15) is 21.0 Å². The van der Waals surface area contributed by atoms with Crippen molar-refractivity contribution in [2.24, 2.45) is 0 Å². The molecule has 0 aromatic carbocycles. The van der Waals surface area contributed by atoms with Gasteiger partial charge < -0.3 is 10.1 Å². The zero-order valence-electron chi connectivity index (χ0n) is 7.37. The summed E-state index contributed by atoms with van der Waals surface area (Å²) in [5, 5.41) is 2.65. The van der Waals surface area contributed by atoms with Crippen LogP contribution in [-0.4, -0.2) is 18.7 Å². The quantitative estimate of drug-likeness (QED) is 0.585. The Labute approximate surface area is 80.8 Å². The van der Waals surface area contributed by atoms with Gasteiger partial charge in [0.25, 0.3) is 5.91 Å². The van der Waals surface area contributed by atoms with Crippen molar-refractivity contribution in [3.63, 3.8) is 0 Å². The molecule has 0 atom stereocenters. The fourth-order valence-corrected chi connectivity index (χ4v) is 1.67. The van der Waals surface area contributed by atoms with Crippen LogP contribution >= 0.6 is 11.3 Å². The maximum absolute atomic E-state index is 11.3. The number of hydrogen-bond acceptors (Lipinski definition) is 3. The lowest BCUT2D eigenvalue weighted by Crippen LogP contribution is -2.23. The van der Waals surface area contributed by atoms with E-state index in [1.807, 2.05) is 13.0 Å². The van der Waals surface area contributed by atoms with Crippen LogP contribution in [-0.2, 0) is 4.79 Å². The van der Waals surface area contributed by atoms with Gasteiger partial charge in [-0.15, -0.1) is 11.3 Å². The molecule has 0 unspecified atom stereocenters. The van der Waals surface area contributed by atoms with E-state index in [0.717, 1.165) is 11.2 Å². The summed E-state index contributed by atoms with van der Waals surface area (Å²) in [7, 11) is 0. The van der Waals surface area contributed by atoms with Crippen molar-refractivity contribution < 1.29 is 9.59 Å². The maximum Gasteiger partial charge on any atom is 0.261 e. The molecule has 1 amide bonds. The van der Waals surface area contributed by atoms with E-state index in [0.29, 0.717) is 17.8 Å². The second kappa shape index (κ2) is 4.77. The largest absolute Gasteiger partial charge is 0.351 e. The van der Waals surface area contributed by atoms with E-state index in [2.05, 4.69) is 5.32 Å². The van der Waals surface area contributed by atoms with Crippen molar-refractivity contribution in [2.45, 2.75) is 13.3 Å². The van der Waals surface area contributed by atoms with Gasteiger partial charge in [0.05, 0.1) is 4.88 Å². The molecule has 0 aliphatic heterocycles. The second-order valence-electron chi connectivity index (χ2n) is 2.62. The summed E-state index contributed by atoms with van der Waals surface area (Å²) in [6.07, 6.45) is 1.16. The SMILES string of the molecule is Cc1ccc(C(=O)NCCC=O)s1. The molecule has 0 fully saturated rings. The Kier molecular flexibility index (Phi) is 3.64. The standard InChI is InChI=1S/C9H11NO2S/c1-7-3-4-8(13-7)9(12)10-5-2-6-11/h3-4,6H,2,5H2,1H3,(H,10,12). The van der Waals surface area contributed by atoms with Gasteiger partial charge in [0.2, 0.25) is 0 Å². The molecular formula is C9H11NO2S. The molecule has 13 heavy (non-hydrogen) atoms. The van der Waals surface area contributed by atoms with Crippen LogP contribution in [0.3, 0.4) is 0 Å². The molecule has 0 saturated heterocycles. The number of carbonyl (C=O) groups excluding carboxylic acids is 2. The lowest BCUT2D eigenvalue weighted by Gasteiger charge is -1.98. The summed E-state index contributed by atoms with van der Waals surface area (Å²) in [5.74, 6) is -0.0973. The highest BCUT2D eigenvalue weighted by atomic mass is 32.1. The Bertz CT molecular complexity index is 306. The second-order valence-corrected chi connectivity index (χ2v) is 3.91. The predicted molar refractivity (Wildman–Crippen MR) is 52.1 cm³/mol. The zero-order valence-corrected chi connectivity index (χ0v) is 8.19. The van der Waals surface area contributed by atoms with Crippen molar-refractivity contribution in [1.29, 1.82) is 0 Å².